The van der Waals surface area contributed by atoms with Crippen LogP contribution in [0, 0.1) is 12.8 Å². The third-order valence-corrected chi connectivity index (χ3v) is 3.83. The zero-order valence-electron chi connectivity index (χ0n) is 11.5. The number of hydrogen-bond acceptors (Lipinski definition) is 3. The number of likely N-dealkylation sites (tertiary alicyclic amines) is 1. The second-order valence-electron chi connectivity index (χ2n) is 5.16. The van der Waals surface area contributed by atoms with Crippen molar-refractivity contribution < 1.29 is 14.6 Å². The molecular formula is C15H21NO3. The Morgan fingerprint density at radius 1 is 1.47 bits per heavy atom. The summed E-state index contributed by atoms with van der Waals surface area (Å²) in [6.07, 6.45) is 0.946. The molecule has 2 unspecified atom stereocenters. The van der Waals surface area contributed by atoms with Gasteiger partial charge in [0.05, 0.1) is 12.6 Å². The van der Waals surface area contributed by atoms with Gasteiger partial charge in [0.25, 0.3) is 5.91 Å². The lowest BCUT2D eigenvalue weighted by atomic mass is 10.0. The monoisotopic (exact) mass is 263 g/mol. The number of aryl methyl sites for hydroxylation is 1. The molecule has 104 valence electrons. The molecule has 0 bridgehead atoms. The second-order valence-corrected chi connectivity index (χ2v) is 5.16. The molecule has 19 heavy (non-hydrogen) atoms. The van der Waals surface area contributed by atoms with Gasteiger partial charge in [-0.05, 0) is 30.9 Å². The van der Waals surface area contributed by atoms with Crippen molar-refractivity contribution in [1.82, 2.24) is 4.90 Å². The summed E-state index contributed by atoms with van der Waals surface area (Å²) < 4.78 is 5.57. The van der Waals surface area contributed by atoms with Crippen molar-refractivity contribution in [1.29, 1.82) is 0 Å². The summed E-state index contributed by atoms with van der Waals surface area (Å²) in [4.78, 5) is 13.9. The lowest BCUT2D eigenvalue weighted by molar-refractivity contribution is -0.135. The number of rotatable bonds is 4. The van der Waals surface area contributed by atoms with E-state index in [9.17, 15) is 9.90 Å². The van der Waals surface area contributed by atoms with Gasteiger partial charge in [0, 0.05) is 6.54 Å². The number of aliphatic hydroxyl groups excluding tert-OH is 1. The van der Waals surface area contributed by atoms with Gasteiger partial charge in [0.1, 0.15) is 5.75 Å². The molecule has 1 fully saturated rings. The first-order chi connectivity index (χ1) is 9.13. The van der Waals surface area contributed by atoms with Crippen LogP contribution in [0.2, 0.25) is 0 Å². The third kappa shape index (κ3) is 3.07. The molecule has 2 atom stereocenters. The van der Waals surface area contributed by atoms with Crippen molar-refractivity contribution in [3.63, 3.8) is 0 Å². The number of aliphatic hydroxyl groups is 1. The van der Waals surface area contributed by atoms with E-state index in [1.54, 1.807) is 4.90 Å². The number of carbonyl (C=O) groups excluding carboxylic acids is 1. The largest absolute Gasteiger partial charge is 0.484 e. The Morgan fingerprint density at radius 2 is 2.21 bits per heavy atom. The van der Waals surface area contributed by atoms with Gasteiger partial charge in [0.2, 0.25) is 0 Å². The fraction of sp³-hybridized carbons (Fsp3) is 0.533. The van der Waals surface area contributed by atoms with Crippen molar-refractivity contribution in [3.8, 4) is 5.75 Å². The van der Waals surface area contributed by atoms with E-state index in [0.29, 0.717) is 12.5 Å². The van der Waals surface area contributed by atoms with Crippen LogP contribution in [-0.2, 0) is 4.79 Å². The van der Waals surface area contributed by atoms with Crippen molar-refractivity contribution in [2.45, 2.75) is 26.3 Å². The Morgan fingerprint density at radius 3 is 2.89 bits per heavy atom. The molecule has 4 nitrogen and oxygen atoms in total. The molecule has 0 radical (unpaired) electrons. The Hall–Kier alpha value is -1.55. The Labute approximate surface area is 114 Å². The van der Waals surface area contributed by atoms with E-state index < -0.39 is 0 Å². The highest BCUT2D eigenvalue weighted by Crippen LogP contribution is 2.24. The van der Waals surface area contributed by atoms with Gasteiger partial charge >= 0.3 is 0 Å². The molecule has 0 aromatic heterocycles. The minimum absolute atomic E-state index is 0.0251. The summed E-state index contributed by atoms with van der Waals surface area (Å²) in [7, 11) is 0. The molecule has 0 saturated carbocycles. The minimum Gasteiger partial charge on any atom is -0.484 e. The first-order valence-electron chi connectivity index (χ1n) is 6.72. The number of carbonyl (C=O) groups is 1. The van der Waals surface area contributed by atoms with E-state index in [-0.39, 0.29) is 25.2 Å². The average molecular weight is 263 g/mol. The Kier molecular flexibility index (Phi) is 4.43. The summed E-state index contributed by atoms with van der Waals surface area (Å²) in [5, 5.41) is 9.35. The van der Waals surface area contributed by atoms with Gasteiger partial charge in [0.15, 0.2) is 6.61 Å². The molecule has 1 aliphatic rings. The normalized spacial score (nSPS) is 22.6. The van der Waals surface area contributed by atoms with Gasteiger partial charge in [-0.2, -0.15) is 0 Å². The van der Waals surface area contributed by atoms with Crippen LogP contribution in [0.3, 0.4) is 0 Å². The van der Waals surface area contributed by atoms with Crippen molar-refractivity contribution in [3.05, 3.63) is 29.8 Å². The number of benzene rings is 1. The van der Waals surface area contributed by atoms with Gasteiger partial charge in [-0.25, -0.2) is 0 Å². The predicted octanol–water partition coefficient (Wildman–Crippen LogP) is 1.60. The molecule has 1 amide bonds. The van der Waals surface area contributed by atoms with E-state index in [2.05, 4.69) is 6.92 Å². The highest BCUT2D eigenvalue weighted by atomic mass is 16.5. The molecule has 0 aliphatic carbocycles. The maximum atomic E-state index is 12.1. The van der Waals surface area contributed by atoms with E-state index in [1.807, 2.05) is 31.2 Å². The predicted molar refractivity (Wildman–Crippen MR) is 73.0 cm³/mol. The molecule has 1 N–H and O–H groups in total. The van der Waals surface area contributed by atoms with Crippen LogP contribution in [0.5, 0.6) is 5.75 Å². The first-order valence-corrected chi connectivity index (χ1v) is 6.72. The standard InChI is InChI=1S/C15H21NO3/c1-11-7-8-16(13(11)9-17)15(18)10-19-14-6-4-3-5-12(14)2/h3-6,11,13,17H,7-10H2,1-2H3. The van der Waals surface area contributed by atoms with E-state index >= 15 is 0 Å². The molecule has 4 heteroatoms. The van der Waals surface area contributed by atoms with Crippen LogP contribution >= 0.6 is 0 Å². The molecule has 1 aromatic carbocycles. The van der Waals surface area contributed by atoms with Crippen LogP contribution in [0.25, 0.3) is 0 Å². The van der Waals surface area contributed by atoms with Gasteiger partial charge in [-0.3, -0.25) is 4.79 Å². The van der Waals surface area contributed by atoms with E-state index in [4.69, 9.17) is 4.74 Å². The van der Waals surface area contributed by atoms with Crippen molar-refractivity contribution >= 4 is 5.91 Å². The molecule has 1 saturated heterocycles. The van der Waals surface area contributed by atoms with Gasteiger partial charge in [-0.1, -0.05) is 25.1 Å². The van der Waals surface area contributed by atoms with E-state index in [0.717, 1.165) is 17.7 Å². The topological polar surface area (TPSA) is 49.8 Å². The van der Waals surface area contributed by atoms with Crippen LogP contribution in [-0.4, -0.2) is 41.7 Å². The molecule has 1 aliphatic heterocycles. The highest BCUT2D eigenvalue weighted by Gasteiger charge is 2.33. The lowest BCUT2D eigenvalue weighted by Gasteiger charge is -2.25. The smallest absolute Gasteiger partial charge is 0.260 e. The summed E-state index contributed by atoms with van der Waals surface area (Å²) >= 11 is 0. The summed E-state index contributed by atoms with van der Waals surface area (Å²) in [5.74, 6) is 1.04. The highest BCUT2D eigenvalue weighted by molar-refractivity contribution is 5.78. The fourth-order valence-electron chi connectivity index (χ4n) is 2.54. The van der Waals surface area contributed by atoms with Crippen LogP contribution in [0.4, 0.5) is 0 Å². The summed E-state index contributed by atoms with van der Waals surface area (Å²) in [6.45, 7) is 4.79. The van der Waals surface area contributed by atoms with Crippen LogP contribution in [0.1, 0.15) is 18.9 Å². The van der Waals surface area contributed by atoms with Crippen molar-refractivity contribution in [2.75, 3.05) is 19.8 Å². The zero-order chi connectivity index (χ0) is 13.8. The van der Waals surface area contributed by atoms with Crippen LogP contribution in [0.15, 0.2) is 24.3 Å². The Balaban J connectivity index is 1.93. The molecule has 1 aromatic rings. The summed E-state index contributed by atoms with van der Waals surface area (Å²) in [6, 6.07) is 7.58. The molecular weight excluding hydrogens is 242 g/mol. The maximum Gasteiger partial charge on any atom is 0.260 e. The molecule has 0 spiro atoms. The SMILES string of the molecule is Cc1ccccc1OCC(=O)N1CCC(C)C1CO. The van der Waals surface area contributed by atoms with E-state index in [1.165, 1.54) is 0 Å². The van der Waals surface area contributed by atoms with Crippen molar-refractivity contribution in [2.24, 2.45) is 5.92 Å². The number of amides is 1. The quantitative estimate of drug-likeness (QED) is 0.897. The van der Waals surface area contributed by atoms with Gasteiger partial charge < -0.3 is 14.7 Å². The maximum absolute atomic E-state index is 12.1. The first kappa shape index (κ1) is 13.9. The number of hydrogen-bond donors (Lipinski definition) is 1. The fourth-order valence-corrected chi connectivity index (χ4v) is 2.54. The second kappa shape index (κ2) is 6.06. The molecule has 1 heterocycles. The number of nitrogens with zero attached hydrogens (tertiary/aromatic N) is 1. The minimum atomic E-state index is -0.0621. The number of ether oxygens (including phenoxy) is 1. The van der Waals surface area contributed by atoms with Crippen LogP contribution < -0.4 is 4.74 Å². The third-order valence-electron chi connectivity index (χ3n) is 3.83. The average Bonchev–Trinajstić information content (AvgIpc) is 2.78. The molecule has 2 rings (SSSR count). The Bertz CT molecular complexity index is 447. The lowest BCUT2D eigenvalue weighted by Crippen LogP contribution is -2.42. The number of para-hydroxylation sites is 1. The zero-order valence-corrected chi connectivity index (χ0v) is 11.5. The van der Waals surface area contributed by atoms with Gasteiger partial charge in [-0.15, -0.1) is 0 Å². The summed E-state index contributed by atoms with van der Waals surface area (Å²) in [5.41, 5.74) is 1.02.